The van der Waals surface area contributed by atoms with E-state index in [1.807, 2.05) is 59.2 Å². The molecule has 3 aromatic carbocycles. The third-order valence-electron chi connectivity index (χ3n) is 4.60. The number of ketones is 1. The molecule has 0 aliphatic carbocycles. The smallest absolute Gasteiger partial charge is 0.212 e. The highest BCUT2D eigenvalue weighted by Crippen LogP contribution is 2.43. The molecule has 0 atom stereocenters. The van der Waals surface area contributed by atoms with E-state index < -0.39 is 0 Å². The fourth-order valence-corrected chi connectivity index (χ4v) is 3.78. The zero-order chi connectivity index (χ0) is 16.3. The SMILES string of the molecule is O=C1c2ccc(Cl)cc2-n2c1c(-c1ccccc1)c1ccccc12. The monoisotopic (exact) mass is 329 g/mol. The first-order valence-electron chi connectivity index (χ1n) is 7.79. The molecule has 24 heavy (non-hydrogen) atoms. The average Bonchev–Trinajstić information content (AvgIpc) is 3.09. The van der Waals surface area contributed by atoms with Crippen LogP contribution in [0.1, 0.15) is 16.1 Å². The molecule has 1 aromatic heterocycles. The van der Waals surface area contributed by atoms with Gasteiger partial charge in [-0.25, -0.2) is 0 Å². The summed E-state index contributed by atoms with van der Waals surface area (Å²) >= 11 is 6.19. The predicted octanol–water partition coefficient (Wildman–Crippen LogP) is 5.50. The van der Waals surface area contributed by atoms with E-state index in [1.54, 1.807) is 6.07 Å². The number of nitrogens with zero attached hydrogens (tertiary/aromatic N) is 1. The number of benzene rings is 3. The van der Waals surface area contributed by atoms with Gasteiger partial charge in [-0.2, -0.15) is 0 Å². The first-order valence-corrected chi connectivity index (χ1v) is 8.17. The Labute approximate surface area is 143 Å². The van der Waals surface area contributed by atoms with Gasteiger partial charge in [0.15, 0.2) is 0 Å². The first kappa shape index (κ1) is 13.6. The Kier molecular flexibility index (Phi) is 2.73. The summed E-state index contributed by atoms with van der Waals surface area (Å²) in [6, 6.07) is 23.7. The number of aromatic nitrogens is 1. The van der Waals surface area contributed by atoms with Crippen LogP contribution in [0, 0.1) is 0 Å². The minimum Gasteiger partial charge on any atom is -0.305 e. The normalized spacial score (nSPS) is 12.5. The number of rotatable bonds is 1. The van der Waals surface area contributed by atoms with Gasteiger partial charge in [0.2, 0.25) is 5.78 Å². The zero-order valence-corrected chi connectivity index (χ0v) is 13.4. The van der Waals surface area contributed by atoms with Gasteiger partial charge in [-0.05, 0) is 29.8 Å². The predicted molar refractivity (Wildman–Crippen MR) is 97.2 cm³/mol. The van der Waals surface area contributed by atoms with E-state index in [9.17, 15) is 4.79 Å². The Morgan fingerprint density at radius 3 is 2.42 bits per heavy atom. The second-order valence-electron chi connectivity index (χ2n) is 5.93. The van der Waals surface area contributed by atoms with Crippen LogP contribution in [0.5, 0.6) is 0 Å². The van der Waals surface area contributed by atoms with Gasteiger partial charge in [-0.3, -0.25) is 4.79 Å². The molecule has 1 aliphatic rings. The number of hydrogen-bond donors (Lipinski definition) is 0. The summed E-state index contributed by atoms with van der Waals surface area (Å²) in [6.45, 7) is 0. The minimum absolute atomic E-state index is 0.0525. The number of halogens is 1. The minimum atomic E-state index is 0.0525. The summed E-state index contributed by atoms with van der Waals surface area (Å²) in [5.41, 5.74) is 5.36. The van der Waals surface area contributed by atoms with Crippen molar-refractivity contribution in [2.24, 2.45) is 0 Å². The largest absolute Gasteiger partial charge is 0.305 e. The molecule has 0 saturated heterocycles. The van der Waals surface area contributed by atoms with Gasteiger partial charge in [0.1, 0.15) is 5.69 Å². The third kappa shape index (κ3) is 1.69. The molecule has 0 saturated carbocycles. The van der Waals surface area contributed by atoms with Crippen LogP contribution in [-0.2, 0) is 0 Å². The molecule has 0 radical (unpaired) electrons. The molecule has 4 aromatic rings. The lowest BCUT2D eigenvalue weighted by molar-refractivity contribution is 0.104. The van der Waals surface area contributed by atoms with Gasteiger partial charge in [0, 0.05) is 21.5 Å². The van der Waals surface area contributed by atoms with Crippen LogP contribution in [0.3, 0.4) is 0 Å². The van der Waals surface area contributed by atoms with E-state index in [2.05, 4.69) is 12.1 Å². The highest BCUT2D eigenvalue weighted by atomic mass is 35.5. The van der Waals surface area contributed by atoms with Crippen molar-refractivity contribution in [3.05, 3.63) is 89.1 Å². The Balaban J connectivity index is 1.97. The Bertz CT molecular complexity index is 1130. The number of carbonyl (C=O) groups excluding carboxylic acids is 1. The number of hydrogen-bond acceptors (Lipinski definition) is 1. The molecule has 0 fully saturated rings. The lowest BCUT2D eigenvalue weighted by Gasteiger charge is -2.04. The van der Waals surface area contributed by atoms with Crippen LogP contribution in [0.4, 0.5) is 0 Å². The molecule has 2 nitrogen and oxygen atoms in total. The van der Waals surface area contributed by atoms with Gasteiger partial charge in [-0.15, -0.1) is 0 Å². The van der Waals surface area contributed by atoms with E-state index in [4.69, 9.17) is 11.6 Å². The van der Waals surface area contributed by atoms with Gasteiger partial charge in [0.25, 0.3) is 0 Å². The molecular weight excluding hydrogens is 318 g/mol. The van der Waals surface area contributed by atoms with Gasteiger partial charge in [-0.1, -0.05) is 60.1 Å². The lowest BCUT2D eigenvalue weighted by atomic mass is 9.98. The molecule has 0 bridgehead atoms. The van der Waals surface area contributed by atoms with E-state index in [0.717, 1.165) is 33.4 Å². The standard InChI is InChI=1S/C21H12ClNO/c22-14-10-11-16-18(12-14)23-17-9-5-4-8-15(17)19(20(23)21(16)24)13-6-2-1-3-7-13/h1-12H. The Hall–Kier alpha value is -2.84. The topological polar surface area (TPSA) is 22.0 Å². The molecule has 0 unspecified atom stereocenters. The average molecular weight is 330 g/mol. The maximum atomic E-state index is 13.1. The fourth-order valence-electron chi connectivity index (χ4n) is 3.61. The summed E-state index contributed by atoms with van der Waals surface area (Å²) in [6.07, 6.45) is 0. The van der Waals surface area contributed by atoms with Crippen molar-refractivity contribution in [2.75, 3.05) is 0 Å². The second-order valence-corrected chi connectivity index (χ2v) is 6.37. The Morgan fingerprint density at radius 2 is 1.58 bits per heavy atom. The summed E-state index contributed by atoms with van der Waals surface area (Å²) in [5.74, 6) is 0.0525. The van der Waals surface area contributed by atoms with Gasteiger partial charge >= 0.3 is 0 Å². The van der Waals surface area contributed by atoms with Crippen LogP contribution >= 0.6 is 11.6 Å². The highest BCUT2D eigenvalue weighted by molar-refractivity contribution is 6.31. The molecular formula is C21H12ClNO. The maximum absolute atomic E-state index is 13.1. The molecule has 0 amide bonds. The molecule has 2 heterocycles. The zero-order valence-electron chi connectivity index (χ0n) is 12.7. The Morgan fingerprint density at radius 1 is 0.833 bits per heavy atom. The van der Waals surface area contributed by atoms with E-state index in [-0.39, 0.29) is 5.78 Å². The summed E-state index contributed by atoms with van der Waals surface area (Å²) < 4.78 is 2.04. The van der Waals surface area contributed by atoms with Crippen LogP contribution in [0.25, 0.3) is 27.7 Å². The van der Waals surface area contributed by atoms with Crippen molar-refractivity contribution >= 4 is 28.3 Å². The van der Waals surface area contributed by atoms with Crippen LogP contribution in [0.2, 0.25) is 5.02 Å². The van der Waals surface area contributed by atoms with Crippen molar-refractivity contribution in [3.8, 4) is 16.8 Å². The molecule has 5 rings (SSSR count). The van der Waals surface area contributed by atoms with Crippen molar-refractivity contribution < 1.29 is 4.79 Å². The lowest BCUT2D eigenvalue weighted by Crippen LogP contribution is -1.98. The van der Waals surface area contributed by atoms with E-state index >= 15 is 0 Å². The van der Waals surface area contributed by atoms with Crippen LogP contribution in [-0.4, -0.2) is 10.4 Å². The first-order chi connectivity index (χ1) is 11.8. The summed E-state index contributed by atoms with van der Waals surface area (Å²) in [4.78, 5) is 13.1. The fraction of sp³-hybridized carbons (Fsp3) is 0. The van der Waals surface area contributed by atoms with Crippen molar-refractivity contribution in [1.29, 1.82) is 0 Å². The van der Waals surface area contributed by atoms with Gasteiger partial charge < -0.3 is 4.57 Å². The number of para-hydroxylation sites is 1. The molecule has 0 N–H and O–H groups in total. The quantitative estimate of drug-likeness (QED) is 0.398. The van der Waals surface area contributed by atoms with Crippen LogP contribution < -0.4 is 0 Å². The van der Waals surface area contributed by atoms with E-state index in [1.165, 1.54) is 0 Å². The second kappa shape index (κ2) is 4.83. The van der Waals surface area contributed by atoms with Crippen molar-refractivity contribution in [2.45, 2.75) is 0 Å². The van der Waals surface area contributed by atoms with Gasteiger partial charge in [0.05, 0.1) is 11.2 Å². The van der Waals surface area contributed by atoms with Crippen LogP contribution in [0.15, 0.2) is 72.8 Å². The number of carbonyl (C=O) groups is 1. The molecule has 0 spiro atoms. The van der Waals surface area contributed by atoms with E-state index in [0.29, 0.717) is 10.6 Å². The maximum Gasteiger partial charge on any atom is 0.212 e. The molecule has 114 valence electrons. The van der Waals surface area contributed by atoms with Crippen molar-refractivity contribution in [1.82, 2.24) is 4.57 Å². The third-order valence-corrected chi connectivity index (χ3v) is 4.83. The summed E-state index contributed by atoms with van der Waals surface area (Å²) in [5, 5.41) is 1.71. The van der Waals surface area contributed by atoms with Crippen molar-refractivity contribution in [3.63, 3.8) is 0 Å². The molecule has 1 aliphatic heterocycles. The number of fused-ring (bicyclic) bond motifs is 5. The summed E-state index contributed by atoms with van der Waals surface area (Å²) in [7, 11) is 0. The molecule has 3 heteroatoms. The highest BCUT2D eigenvalue weighted by Gasteiger charge is 2.33.